The minimum atomic E-state index is -4.33. The first-order valence-electron chi connectivity index (χ1n) is 6.47. The van der Waals surface area contributed by atoms with Crippen molar-refractivity contribution in [3.63, 3.8) is 0 Å². The number of benzene rings is 2. The second-order valence-electron chi connectivity index (χ2n) is 4.54. The molecule has 3 nitrogen and oxygen atoms in total. The Morgan fingerprint density at radius 2 is 1.59 bits per heavy atom. The number of hydrogen-bond donors (Lipinski definition) is 0. The molecule has 0 aliphatic carbocycles. The summed E-state index contributed by atoms with van der Waals surface area (Å²) in [5, 5.41) is 3.34. The van der Waals surface area contributed by atoms with Gasteiger partial charge in [0.15, 0.2) is 0 Å². The van der Waals surface area contributed by atoms with Crippen LogP contribution in [0.15, 0.2) is 65.8 Å². The van der Waals surface area contributed by atoms with Crippen LogP contribution in [0.4, 0.5) is 13.2 Å². The van der Waals surface area contributed by atoms with Gasteiger partial charge in [0.2, 0.25) is 0 Å². The van der Waals surface area contributed by atoms with Crippen LogP contribution >= 0.6 is 0 Å². The van der Waals surface area contributed by atoms with Crippen LogP contribution in [-0.4, -0.2) is 6.18 Å². The highest BCUT2D eigenvalue weighted by molar-refractivity contribution is 5.69. The highest BCUT2D eigenvalue weighted by Gasteiger charge is 2.25. The summed E-state index contributed by atoms with van der Waals surface area (Å²) in [6.07, 6.45) is -4.58. The molecule has 0 bridgehead atoms. The molecule has 0 atom stereocenters. The van der Waals surface area contributed by atoms with E-state index in [0.717, 1.165) is 17.2 Å². The van der Waals surface area contributed by atoms with Crippen LogP contribution in [0.5, 0.6) is 0 Å². The molecule has 0 aliphatic rings. The monoisotopic (exact) mass is 303 g/mol. The van der Waals surface area contributed by atoms with Crippen molar-refractivity contribution in [2.45, 2.75) is 12.6 Å². The minimum absolute atomic E-state index is 0.0283. The van der Waals surface area contributed by atoms with E-state index < -0.39 is 12.6 Å². The highest BCUT2D eigenvalue weighted by atomic mass is 19.4. The van der Waals surface area contributed by atoms with Crippen LogP contribution in [0.25, 0.3) is 27.3 Å². The maximum atomic E-state index is 12.3. The van der Waals surface area contributed by atoms with Gasteiger partial charge in [-0.1, -0.05) is 65.8 Å². The van der Waals surface area contributed by atoms with E-state index in [1.807, 2.05) is 30.3 Å². The second-order valence-corrected chi connectivity index (χ2v) is 4.54. The summed E-state index contributed by atoms with van der Waals surface area (Å²) in [7, 11) is 0. The average molecular weight is 303 g/mol. The molecule has 0 radical (unpaired) electrons. The maximum absolute atomic E-state index is 12.3. The molecule has 0 fully saturated rings. The Morgan fingerprint density at radius 3 is 2.14 bits per heavy atom. The molecule has 0 amide bonds. The predicted molar refractivity (Wildman–Crippen MR) is 79.7 cm³/mol. The number of halogens is 3. The number of nitrogens with zero attached hydrogens (tertiary/aromatic N) is 3. The quantitative estimate of drug-likeness (QED) is 0.380. The standard InChI is InChI=1S/C16H12F3N3/c17-16(18,19)11-10-15(21-22-20)14-8-6-13(7-9-14)12-4-2-1-3-5-12/h1-10H,11H2/b15-10-. The Balaban J connectivity index is 2.29. The third kappa shape index (κ3) is 4.40. The van der Waals surface area contributed by atoms with Crippen molar-refractivity contribution in [2.75, 3.05) is 0 Å². The largest absolute Gasteiger partial charge is 0.392 e. The summed E-state index contributed by atoms with van der Waals surface area (Å²) < 4.78 is 36.8. The van der Waals surface area contributed by atoms with Crippen LogP contribution < -0.4 is 0 Å². The lowest BCUT2D eigenvalue weighted by molar-refractivity contribution is -0.124. The topological polar surface area (TPSA) is 48.8 Å². The minimum Gasteiger partial charge on any atom is -0.171 e. The number of allylic oxidation sites excluding steroid dienone is 1. The van der Waals surface area contributed by atoms with Gasteiger partial charge in [-0.05, 0) is 22.2 Å². The van der Waals surface area contributed by atoms with E-state index in [0.29, 0.717) is 5.56 Å². The first-order valence-corrected chi connectivity index (χ1v) is 6.47. The van der Waals surface area contributed by atoms with Crippen molar-refractivity contribution in [1.29, 1.82) is 0 Å². The molecule has 112 valence electrons. The fourth-order valence-corrected chi connectivity index (χ4v) is 1.94. The van der Waals surface area contributed by atoms with Crippen molar-refractivity contribution < 1.29 is 13.2 Å². The molecule has 0 saturated carbocycles. The number of alkyl halides is 3. The molecule has 0 aliphatic heterocycles. The molecule has 6 heteroatoms. The predicted octanol–water partition coefficient (Wildman–Crippen LogP) is 5.96. The molecule has 0 aromatic heterocycles. The first-order chi connectivity index (χ1) is 10.5. The summed E-state index contributed by atoms with van der Waals surface area (Å²) in [4.78, 5) is 2.58. The lowest BCUT2D eigenvalue weighted by atomic mass is 10.0. The normalized spacial score (nSPS) is 11.9. The molecular formula is C16H12F3N3. The fraction of sp³-hybridized carbons (Fsp3) is 0.125. The molecule has 0 spiro atoms. The molecule has 0 heterocycles. The van der Waals surface area contributed by atoms with Crippen LogP contribution in [0.2, 0.25) is 0 Å². The summed E-state index contributed by atoms with van der Waals surface area (Å²) in [6, 6.07) is 16.4. The molecular weight excluding hydrogens is 291 g/mol. The van der Waals surface area contributed by atoms with Crippen molar-refractivity contribution >= 4 is 5.70 Å². The van der Waals surface area contributed by atoms with Gasteiger partial charge >= 0.3 is 6.18 Å². The Hall–Kier alpha value is -2.72. The van der Waals surface area contributed by atoms with E-state index >= 15 is 0 Å². The zero-order valence-electron chi connectivity index (χ0n) is 11.5. The summed E-state index contributed by atoms with van der Waals surface area (Å²) in [6.45, 7) is 0. The van der Waals surface area contributed by atoms with Gasteiger partial charge in [-0.3, -0.25) is 0 Å². The Kier molecular flexibility index (Phi) is 4.86. The van der Waals surface area contributed by atoms with E-state index in [1.54, 1.807) is 24.3 Å². The zero-order chi connectivity index (χ0) is 16.0. The average Bonchev–Trinajstić information content (AvgIpc) is 2.52. The first kappa shape index (κ1) is 15.7. The Morgan fingerprint density at radius 1 is 1.00 bits per heavy atom. The third-order valence-corrected chi connectivity index (χ3v) is 2.97. The van der Waals surface area contributed by atoms with Crippen molar-refractivity contribution in [2.24, 2.45) is 5.11 Å². The van der Waals surface area contributed by atoms with E-state index in [-0.39, 0.29) is 5.70 Å². The van der Waals surface area contributed by atoms with Gasteiger partial charge in [0, 0.05) is 10.6 Å². The molecule has 22 heavy (non-hydrogen) atoms. The number of rotatable bonds is 4. The van der Waals surface area contributed by atoms with Crippen molar-refractivity contribution in [1.82, 2.24) is 0 Å². The van der Waals surface area contributed by atoms with Crippen molar-refractivity contribution in [3.05, 3.63) is 76.7 Å². The lowest BCUT2D eigenvalue weighted by Gasteiger charge is -2.06. The lowest BCUT2D eigenvalue weighted by Crippen LogP contribution is -2.04. The molecule has 2 rings (SSSR count). The van der Waals surface area contributed by atoms with Gasteiger partial charge in [0.25, 0.3) is 0 Å². The fourth-order valence-electron chi connectivity index (χ4n) is 1.94. The molecule has 0 unspecified atom stereocenters. The van der Waals surface area contributed by atoms with Crippen LogP contribution in [0.3, 0.4) is 0 Å². The van der Waals surface area contributed by atoms with E-state index in [9.17, 15) is 13.2 Å². The molecule has 2 aromatic rings. The van der Waals surface area contributed by atoms with Crippen LogP contribution in [0, 0.1) is 0 Å². The molecule has 0 saturated heterocycles. The van der Waals surface area contributed by atoms with Gasteiger partial charge in [0.05, 0.1) is 6.42 Å². The highest BCUT2D eigenvalue weighted by Crippen LogP contribution is 2.26. The molecule has 2 aromatic carbocycles. The van der Waals surface area contributed by atoms with E-state index in [2.05, 4.69) is 10.0 Å². The van der Waals surface area contributed by atoms with Crippen LogP contribution in [0.1, 0.15) is 12.0 Å². The zero-order valence-corrected chi connectivity index (χ0v) is 11.5. The van der Waals surface area contributed by atoms with E-state index in [1.165, 1.54) is 0 Å². The van der Waals surface area contributed by atoms with Crippen LogP contribution in [-0.2, 0) is 0 Å². The maximum Gasteiger partial charge on any atom is 0.392 e. The summed E-state index contributed by atoms with van der Waals surface area (Å²) in [5.74, 6) is 0. The second kappa shape index (κ2) is 6.83. The summed E-state index contributed by atoms with van der Waals surface area (Å²) in [5.41, 5.74) is 10.8. The third-order valence-electron chi connectivity index (χ3n) is 2.97. The number of hydrogen-bond acceptors (Lipinski definition) is 1. The molecule has 0 N–H and O–H groups in total. The van der Waals surface area contributed by atoms with Gasteiger partial charge in [-0.2, -0.15) is 13.2 Å². The SMILES string of the molecule is [N-]=[N+]=N/C(=C\CC(F)(F)F)c1ccc(-c2ccccc2)cc1. The van der Waals surface area contributed by atoms with Gasteiger partial charge < -0.3 is 0 Å². The van der Waals surface area contributed by atoms with Gasteiger partial charge in [-0.15, -0.1) is 0 Å². The smallest absolute Gasteiger partial charge is 0.171 e. The van der Waals surface area contributed by atoms with Crippen molar-refractivity contribution in [3.8, 4) is 11.1 Å². The Labute approximate surface area is 125 Å². The van der Waals surface area contributed by atoms with E-state index in [4.69, 9.17) is 5.53 Å². The number of azide groups is 1. The Bertz CT molecular complexity index is 698. The summed E-state index contributed by atoms with van der Waals surface area (Å²) >= 11 is 0. The van der Waals surface area contributed by atoms with Gasteiger partial charge in [0.1, 0.15) is 0 Å². The van der Waals surface area contributed by atoms with Gasteiger partial charge in [-0.25, -0.2) is 0 Å².